The Morgan fingerprint density at radius 1 is 1.18 bits per heavy atom. The molecule has 1 aromatic carbocycles. The molecule has 2 aliphatic rings. The van der Waals surface area contributed by atoms with Crippen LogP contribution in [0.25, 0.3) is 0 Å². The van der Waals surface area contributed by atoms with E-state index in [1.807, 2.05) is 0 Å². The van der Waals surface area contributed by atoms with Crippen molar-refractivity contribution in [2.75, 3.05) is 32.1 Å². The number of carbonyl (C=O) groups is 2. The summed E-state index contributed by atoms with van der Waals surface area (Å²) in [6, 6.07) is 5.29. The van der Waals surface area contributed by atoms with E-state index < -0.39 is 17.7 Å². The van der Waals surface area contributed by atoms with Gasteiger partial charge >= 0.3 is 11.9 Å². The molecule has 0 atom stereocenters. The monoisotopic (exact) mass is 390 g/mol. The highest BCUT2D eigenvalue weighted by molar-refractivity contribution is 6.15. The first-order valence-corrected chi connectivity index (χ1v) is 9.33. The summed E-state index contributed by atoms with van der Waals surface area (Å²) in [5.74, 6) is -1.01. The molecule has 2 fully saturated rings. The molecule has 2 heterocycles. The van der Waals surface area contributed by atoms with Gasteiger partial charge < -0.3 is 29.6 Å². The number of carbonyl (C=O) groups excluding carboxylic acids is 2. The van der Waals surface area contributed by atoms with E-state index in [-0.39, 0.29) is 5.57 Å². The van der Waals surface area contributed by atoms with Crippen LogP contribution in [-0.2, 0) is 19.1 Å². The van der Waals surface area contributed by atoms with Crippen LogP contribution in [0.15, 0.2) is 30.0 Å². The summed E-state index contributed by atoms with van der Waals surface area (Å²) in [5, 5.41) is 6.26. The Morgan fingerprint density at radius 2 is 1.86 bits per heavy atom. The van der Waals surface area contributed by atoms with E-state index >= 15 is 0 Å². The average Bonchev–Trinajstić information content (AvgIpc) is 2.65. The molecule has 0 radical (unpaired) electrons. The lowest BCUT2D eigenvalue weighted by molar-refractivity contribution is -0.222. The molecule has 0 aromatic heterocycles. The summed E-state index contributed by atoms with van der Waals surface area (Å²) in [7, 11) is 1.58. The molecule has 8 nitrogen and oxygen atoms in total. The summed E-state index contributed by atoms with van der Waals surface area (Å²) in [6.45, 7) is 5.62. The van der Waals surface area contributed by atoms with Crippen molar-refractivity contribution >= 4 is 17.6 Å². The highest BCUT2D eigenvalue weighted by Gasteiger charge is 2.38. The second kappa shape index (κ2) is 8.52. The Bertz CT molecular complexity index is 746. The summed E-state index contributed by atoms with van der Waals surface area (Å²) in [4.78, 5) is 24.0. The standard InChI is InChI=1S/C20H26N2O6/c1-20(2)27-18(23)15(19(24)28-20)11-22-14-4-5-16(25-3)17(10-14)26-12-13-6-8-21-9-7-13/h4-5,10-11,13,21-22H,6-9,12H2,1-3H3. The van der Waals surface area contributed by atoms with Crippen LogP contribution in [0, 0.1) is 5.92 Å². The van der Waals surface area contributed by atoms with Crippen LogP contribution in [0.5, 0.6) is 11.5 Å². The third kappa shape index (κ3) is 4.95. The van der Waals surface area contributed by atoms with Crippen molar-refractivity contribution in [2.24, 2.45) is 5.92 Å². The number of ether oxygens (including phenoxy) is 4. The number of hydrogen-bond donors (Lipinski definition) is 2. The van der Waals surface area contributed by atoms with Crippen molar-refractivity contribution in [3.8, 4) is 11.5 Å². The van der Waals surface area contributed by atoms with Crippen molar-refractivity contribution in [1.29, 1.82) is 0 Å². The van der Waals surface area contributed by atoms with Crippen LogP contribution in [0.3, 0.4) is 0 Å². The van der Waals surface area contributed by atoms with Crippen molar-refractivity contribution in [3.05, 3.63) is 30.0 Å². The van der Waals surface area contributed by atoms with Gasteiger partial charge in [-0.1, -0.05) is 0 Å². The lowest BCUT2D eigenvalue weighted by Gasteiger charge is -2.29. The highest BCUT2D eigenvalue weighted by atomic mass is 16.7. The number of esters is 2. The minimum atomic E-state index is -1.26. The summed E-state index contributed by atoms with van der Waals surface area (Å²) in [5.41, 5.74) is 0.436. The number of methoxy groups -OCH3 is 1. The first-order valence-electron chi connectivity index (χ1n) is 9.33. The van der Waals surface area contributed by atoms with Gasteiger partial charge in [-0.15, -0.1) is 0 Å². The second-order valence-electron chi connectivity index (χ2n) is 7.25. The molecular formula is C20H26N2O6. The lowest BCUT2D eigenvalue weighted by Crippen LogP contribution is -2.42. The Morgan fingerprint density at radius 3 is 2.50 bits per heavy atom. The molecule has 2 N–H and O–H groups in total. The number of anilines is 1. The van der Waals surface area contributed by atoms with Gasteiger partial charge in [-0.2, -0.15) is 0 Å². The minimum Gasteiger partial charge on any atom is -0.493 e. The molecule has 0 bridgehead atoms. The van der Waals surface area contributed by atoms with E-state index in [0.717, 1.165) is 25.9 Å². The second-order valence-corrected chi connectivity index (χ2v) is 7.25. The van der Waals surface area contributed by atoms with E-state index in [1.165, 1.54) is 20.0 Å². The van der Waals surface area contributed by atoms with Crippen molar-refractivity contribution in [3.63, 3.8) is 0 Å². The van der Waals surface area contributed by atoms with Crippen LogP contribution in [0.1, 0.15) is 26.7 Å². The van der Waals surface area contributed by atoms with E-state index in [1.54, 1.807) is 25.3 Å². The Hall–Kier alpha value is -2.74. The lowest BCUT2D eigenvalue weighted by atomic mass is 9.99. The predicted octanol–water partition coefficient (Wildman–Crippen LogP) is 2.21. The fourth-order valence-electron chi connectivity index (χ4n) is 3.07. The van der Waals surface area contributed by atoms with Gasteiger partial charge in [0.05, 0.1) is 13.7 Å². The zero-order chi connectivity index (χ0) is 20.1. The SMILES string of the molecule is COc1ccc(NC=C2C(=O)OC(C)(C)OC2=O)cc1OCC1CCNCC1. The van der Waals surface area contributed by atoms with Crippen LogP contribution in [0.2, 0.25) is 0 Å². The molecule has 0 spiro atoms. The minimum absolute atomic E-state index is 0.202. The number of piperidine rings is 1. The third-order valence-corrected chi connectivity index (χ3v) is 4.60. The Balaban J connectivity index is 1.68. The van der Waals surface area contributed by atoms with Crippen LogP contribution in [-0.4, -0.2) is 44.5 Å². The average molecular weight is 390 g/mol. The quantitative estimate of drug-likeness (QED) is 0.434. The normalized spacial score (nSPS) is 19.5. The van der Waals surface area contributed by atoms with E-state index in [9.17, 15) is 9.59 Å². The van der Waals surface area contributed by atoms with Gasteiger partial charge in [0.15, 0.2) is 17.1 Å². The molecule has 152 valence electrons. The fourth-order valence-corrected chi connectivity index (χ4v) is 3.07. The molecule has 0 unspecified atom stereocenters. The van der Waals surface area contributed by atoms with Crippen molar-refractivity contribution in [1.82, 2.24) is 5.32 Å². The maximum atomic E-state index is 12.0. The number of rotatable bonds is 6. The van der Waals surface area contributed by atoms with Gasteiger partial charge in [0.25, 0.3) is 5.79 Å². The molecule has 1 aromatic rings. The molecule has 2 aliphatic heterocycles. The van der Waals surface area contributed by atoms with Gasteiger partial charge in [-0.05, 0) is 44.0 Å². The Labute approximate surface area is 164 Å². The number of benzene rings is 1. The fraction of sp³-hybridized carbons (Fsp3) is 0.500. The topological polar surface area (TPSA) is 95.1 Å². The van der Waals surface area contributed by atoms with E-state index in [0.29, 0.717) is 29.7 Å². The van der Waals surface area contributed by atoms with Crippen LogP contribution >= 0.6 is 0 Å². The van der Waals surface area contributed by atoms with Gasteiger partial charge in [-0.3, -0.25) is 0 Å². The maximum Gasteiger partial charge on any atom is 0.350 e. The van der Waals surface area contributed by atoms with Crippen molar-refractivity contribution < 1.29 is 28.5 Å². The van der Waals surface area contributed by atoms with Crippen LogP contribution < -0.4 is 20.1 Å². The zero-order valence-electron chi connectivity index (χ0n) is 16.4. The van der Waals surface area contributed by atoms with E-state index in [4.69, 9.17) is 18.9 Å². The first-order chi connectivity index (χ1) is 13.4. The molecule has 2 saturated heterocycles. The largest absolute Gasteiger partial charge is 0.493 e. The van der Waals surface area contributed by atoms with Crippen molar-refractivity contribution in [2.45, 2.75) is 32.5 Å². The number of nitrogens with one attached hydrogen (secondary N) is 2. The first kappa shape index (κ1) is 20.0. The molecular weight excluding hydrogens is 364 g/mol. The van der Waals surface area contributed by atoms with Gasteiger partial charge in [-0.25, -0.2) is 9.59 Å². The summed E-state index contributed by atoms with van der Waals surface area (Å²) >= 11 is 0. The molecule has 0 aliphatic carbocycles. The number of cyclic esters (lactones) is 2. The molecule has 3 rings (SSSR count). The van der Waals surface area contributed by atoms with E-state index in [2.05, 4.69) is 10.6 Å². The van der Waals surface area contributed by atoms with Crippen LogP contribution in [0.4, 0.5) is 5.69 Å². The highest BCUT2D eigenvalue weighted by Crippen LogP contribution is 2.31. The predicted molar refractivity (Wildman–Crippen MR) is 102 cm³/mol. The maximum absolute atomic E-state index is 12.0. The summed E-state index contributed by atoms with van der Waals surface area (Å²) in [6.07, 6.45) is 3.43. The zero-order valence-corrected chi connectivity index (χ0v) is 16.4. The molecule has 0 saturated carbocycles. The smallest absolute Gasteiger partial charge is 0.350 e. The van der Waals surface area contributed by atoms with Gasteiger partial charge in [0, 0.05) is 31.8 Å². The summed E-state index contributed by atoms with van der Waals surface area (Å²) < 4.78 is 21.5. The number of hydrogen-bond acceptors (Lipinski definition) is 8. The Kier molecular flexibility index (Phi) is 6.08. The molecule has 0 amide bonds. The van der Waals surface area contributed by atoms with Gasteiger partial charge in [0.1, 0.15) is 0 Å². The molecule has 8 heteroatoms. The van der Waals surface area contributed by atoms with Gasteiger partial charge in [0.2, 0.25) is 0 Å². The molecule has 28 heavy (non-hydrogen) atoms. The third-order valence-electron chi connectivity index (χ3n) is 4.60.